The summed E-state index contributed by atoms with van der Waals surface area (Å²) in [6.07, 6.45) is 0.639. The fourth-order valence-corrected chi connectivity index (χ4v) is 3.11. The summed E-state index contributed by atoms with van der Waals surface area (Å²) >= 11 is 4.49. The molecule has 2 aromatic rings. The molecule has 1 aromatic heterocycles. The molecule has 0 saturated carbocycles. The minimum atomic E-state index is -0.376. The summed E-state index contributed by atoms with van der Waals surface area (Å²) in [5.41, 5.74) is 0.763. The number of esters is 1. The van der Waals surface area contributed by atoms with Crippen molar-refractivity contribution >= 4 is 43.5 Å². The highest BCUT2D eigenvalue weighted by atomic mass is 79.9. The molecule has 1 heterocycles. The largest absolute Gasteiger partial charge is 0.461 e. The van der Waals surface area contributed by atoms with Crippen molar-refractivity contribution in [3.63, 3.8) is 0 Å². The molecule has 0 aliphatic heterocycles. The minimum absolute atomic E-state index is 0.0369. The highest BCUT2D eigenvalue weighted by Gasteiger charge is 2.14. The van der Waals surface area contributed by atoms with E-state index < -0.39 is 0 Å². The van der Waals surface area contributed by atoms with Crippen molar-refractivity contribution in [1.29, 1.82) is 0 Å². The van der Waals surface area contributed by atoms with Crippen LogP contribution in [0.15, 0.2) is 27.5 Å². The lowest BCUT2D eigenvalue weighted by Crippen LogP contribution is -2.23. The lowest BCUT2D eigenvalue weighted by atomic mass is 10.3. The van der Waals surface area contributed by atoms with Crippen molar-refractivity contribution in [2.75, 3.05) is 0 Å². The van der Waals surface area contributed by atoms with E-state index in [1.807, 2.05) is 32.0 Å². The van der Waals surface area contributed by atoms with Crippen LogP contribution in [0.2, 0.25) is 0 Å². The number of halogens is 1. The monoisotopic (exact) mass is 343 g/mol. The number of ether oxygens (including phenoxy) is 1. The molecule has 0 saturated heterocycles. The standard InChI is InChI=1S/C13H14BrNO3S/c1-3-8(2)18-12(16)7-15-10-5-4-9(14)6-11(10)19-13(15)17/h4-6,8H,3,7H2,1-2H3. The molecule has 2 rings (SSSR count). The average Bonchev–Trinajstić information content (AvgIpc) is 2.64. The highest BCUT2D eigenvalue weighted by Crippen LogP contribution is 2.22. The highest BCUT2D eigenvalue weighted by molar-refractivity contribution is 9.10. The van der Waals surface area contributed by atoms with Crippen LogP contribution in [0.3, 0.4) is 0 Å². The summed E-state index contributed by atoms with van der Waals surface area (Å²) in [5, 5.41) is 0. The minimum Gasteiger partial charge on any atom is -0.461 e. The van der Waals surface area contributed by atoms with Gasteiger partial charge in [0, 0.05) is 4.47 Å². The van der Waals surface area contributed by atoms with Crippen LogP contribution in [0, 0.1) is 0 Å². The number of aromatic nitrogens is 1. The Morgan fingerprint density at radius 1 is 1.53 bits per heavy atom. The third kappa shape index (κ3) is 3.25. The summed E-state index contributed by atoms with van der Waals surface area (Å²) in [7, 11) is 0. The van der Waals surface area contributed by atoms with Gasteiger partial charge in [0.05, 0.1) is 16.3 Å². The van der Waals surface area contributed by atoms with Crippen molar-refractivity contribution in [3.8, 4) is 0 Å². The normalized spacial score (nSPS) is 12.6. The zero-order chi connectivity index (χ0) is 14.0. The Labute approximate surface area is 123 Å². The van der Waals surface area contributed by atoms with Gasteiger partial charge in [-0.1, -0.05) is 34.2 Å². The molecule has 19 heavy (non-hydrogen) atoms. The molecule has 1 aromatic carbocycles. The van der Waals surface area contributed by atoms with E-state index in [1.165, 1.54) is 4.57 Å². The summed E-state index contributed by atoms with van der Waals surface area (Å²) in [4.78, 5) is 23.5. The molecule has 6 heteroatoms. The number of rotatable bonds is 4. The molecule has 1 atom stereocenters. The molecule has 0 radical (unpaired) electrons. The zero-order valence-electron chi connectivity index (χ0n) is 10.7. The van der Waals surface area contributed by atoms with E-state index in [9.17, 15) is 9.59 Å². The van der Waals surface area contributed by atoms with E-state index in [-0.39, 0.29) is 23.5 Å². The molecule has 0 spiro atoms. The molecular formula is C13H14BrNO3S. The Morgan fingerprint density at radius 3 is 2.95 bits per heavy atom. The third-order valence-corrected chi connectivity index (χ3v) is 4.26. The molecule has 0 amide bonds. The van der Waals surface area contributed by atoms with E-state index >= 15 is 0 Å². The van der Waals surface area contributed by atoms with Crippen LogP contribution in [0.25, 0.3) is 10.2 Å². The SMILES string of the molecule is CCC(C)OC(=O)Cn1c(=O)sc2cc(Br)ccc21. The number of nitrogens with zero attached hydrogens (tertiary/aromatic N) is 1. The van der Waals surface area contributed by atoms with Gasteiger partial charge in [0.15, 0.2) is 0 Å². The van der Waals surface area contributed by atoms with Crippen molar-refractivity contribution in [1.82, 2.24) is 4.57 Å². The smallest absolute Gasteiger partial charge is 0.326 e. The van der Waals surface area contributed by atoms with Gasteiger partial charge in [0.2, 0.25) is 0 Å². The number of thiazole rings is 1. The predicted octanol–water partition coefficient (Wildman–Crippen LogP) is 3.17. The molecule has 0 aliphatic carbocycles. The summed E-state index contributed by atoms with van der Waals surface area (Å²) in [5.74, 6) is -0.376. The molecule has 0 N–H and O–H groups in total. The zero-order valence-corrected chi connectivity index (χ0v) is 13.1. The Morgan fingerprint density at radius 2 is 2.26 bits per heavy atom. The van der Waals surface area contributed by atoms with Crippen LogP contribution in [0.5, 0.6) is 0 Å². The number of hydrogen-bond acceptors (Lipinski definition) is 4. The van der Waals surface area contributed by atoms with Gasteiger partial charge in [0.1, 0.15) is 6.54 Å². The van der Waals surface area contributed by atoms with Gasteiger partial charge in [-0.3, -0.25) is 14.2 Å². The van der Waals surface area contributed by atoms with Crippen molar-refractivity contribution in [3.05, 3.63) is 32.3 Å². The maximum absolute atomic E-state index is 11.9. The van der Waals surface area contributed by atoms with E-state index in [4.69, 9.17) is 4.74 Å². The molecule has 0 bridgehead atoms. The maximum atomic E-state index is 11.9. The molecule has 102 valence electrons. The van der Waals surface area contributed by atoms with Crippen LogP contribution in [-0.4, -0.2) is 16.6 Å². The maximum Gasteiger partial charge on any atom is 0.326 e. The fourth-order valence-electron chi connectivity index (χ4n) is 1.66. The first-order chi connectivity index (χ1) is 9.01. The summed E-state index contributed by atoms with van der Waals surface area (Å²) in [6, 6.07) is 5.55. The number of carbonyl (C=O) groups is 1. The molecule has 4 nitrogen and oxygen atoms in total. The number of benzene rings is 1. The number of hydrogen-bond donors (Lipinski definition) is 0. The Kier molecular flexibility index (Phi) is 4.42. The Balaban J connectivity index is 2.28. The number of carbonyl (C=O) groups excluding carboxylic acids is 1. The predicted molar refractivity (Wildman–Crippen MR) is 79.6 cm³/mol. The van der Waals surface area contributed by atoms with Gasteiger partial charge in [-0.2, -0.15) is 0 Å². The molecule has 0 aliphatic rings. The molecule has 0 fully saturated rings. The second-order valence-corrected chi connectivity index (χ2v) is 6.18. The van der Waals surface area contributed by atoms with E-state index in [0.29, 0.717) is 0 Å². The van der Waals surface area contributed by atoms with E-state index in [0.717, 1.165) is 32.4 Å². The summed E-state index contributed by atoms with van der Waals surface area (Å²) < 4.78 is 8.42. The van der Waals surface area contributed by atoms with Gasteiger partial charge < -0.3 is 4.74 Å². The van der Waals surface area contributed by atoms with Gasteiger partial charge in [-0.25, -0.2) is 0 Å². The molecular weight excluding hydrogens is 330 g/mol. The average molecular weight is 344 g/mol. The lowest BCUT2D eigenvalue weighted by Gasteiger charge is -2.11. The quantitative estimate of drug-likeness (QED) is 0.801. The van der Waals surface area contributed by atoms with Gasteiger partial charge in [-0.15, -0.1) is 0 Å². The van der Waals surface area contributed by atoms with Crippen molar-refractivity contribution in [2.24, 2.45) is 0 Å². The second kappa shape index (κ2) is 5.88. The van der Waals surface area contributed by atoms with Crippen molar-refractivity contribution < 1.29 is 9.53 Å². The van der Waals surface area contributed by atoms with Gasteiger partial charge in [0.25, 0.3) is 0 Å². The first-order valence-electron chi connectivity index (χ1n) is 5.99. The van der Waals surface area contributed by atoms with Crippen molar-refractivity contribution in [2.45, 2.75) is 32.9 Å². The lowest BCUT2D eigenvalue weighted by molar-refractivity contribution is -0.149. The third-order valence-electron chi connectivity index (χ3n) is 2.83. The Hall–Kier alpha value is -1.14. The van der Waals surface area contributed by atoms with Gasteiger partial charge in [-0.05, 0) is 31.5 Å². The Bertz CT molecular complexity index is 661. The van der Waals surface area contributed by atoms with Crippen LogP contribution >= 0.6 is 27.3 Å². The topological polar surface area (TPSA) is 48.3 Å². The van der Waals surface area contributed by atoms with Crippen LogP contribution < -0.4 is 4.87 Å². The van der Waals surface area contributed by atoms with Crippen LogP contribution in [0.1, 0.15) is 20.3 Å². The van der Waals surface area contributed by atoms with E-state index in [1.54, 1.807) is 0 Å². The fraction of sp³-hybridized carbons (Fsp3) is 0.385. The van der Waals surface area contributed by atoms with Gasteiger partial charge >= 0.3 is 10.8 Å². The van der Waals surface area contributed by atoms with Crippen LogP contribution in [-0.2, 0) is 16.1 Å². The first-order valence-corrected chi connectivity index (χ1v) is 7.60. The summed E-state index contributed by atoms with van der Waals surface area (Å²) in [6.45, 7) is 3.75. The second-order valence-electron chi connectivity index (χ2n) is 4.27. The van der Waals surface area contributed by atoms with Crippen LogP contribution in [0.4, 0.5) is 0 Å². The molecule has 1 unspecified atom stereocenters. The van der Waals surface area contributed by atoms with E-state index in [2.05, 4.69) is 15.9 Å². The first kappa shape index (κ1) is 14.3. The number of fused-ring (bicyclic) bond motifs is 1.